The van der Waals surface area contributed by atoms with Gasteiger partial charge in [0.1, 0.15) is 22.7 Å². The number of fused-ring (bicyclic) bond motifs is 12. The number of hydrogen-bond donors (Lipinski definition) is 1. The maximum atomic E-state index is 7.03. The Hall–Kier alpha value is -8.02. The largest absolute Gasteiger partial charge is 0.456 e. The van der Waals surface area contributed by atoms with Crippen LogP contribution in [0.2, 0.25) is 0 Å². The summed E-state index contributed by atoms with van der Waals surface area (Å²) in [6.45, 7) is 11.5. The van der Waals surface area contributed by atoms with Crippen molar-refractivity contribution in [2.75, 3.05) is 5.32 Å². The summed E-state index contributed by atoms with van der Waals surface area (Å²) in [5.74, 6) is 1.78. The molecule has 5 heteroatoms. The minimum Gasteiger partial charge on any atom is -0.456 e. The maximum Gasteiger partial charge on any atom is 0.198 e. The molecule has 12 aromatic rings. The first-order chi connectivity index (χ1) is 33.1. The Morgan fingerprint density at radius 3 is 1.93 bits per heavy atom. The van der Waals surface area contributed by atoms with E-state index < -0.39 is 0 Å². The van der Waals surface area contributed by atoms with Gasteiger partial charge in [0, 0.05) is 77.4 Å². The van der Waals surface area contributed by atoms with Crippen LogP contribution in [-0.2, 0) is 10.8 Å². The van der Waals surface area contributed by atoms with Gasteiger partial charge in [0.25, 0.3) is 0 Å². The molecule has 0 atom stereocenters. The Balaban J connectivity index is 1.07. The summed E-state index contributed by atoms with van der Waals surface area (Å²) in [6.07, 6.45) is 0. The van der Waals surface area contributed by atoms with Gasteiger partial charge >= 0.3 is 0 Å². The second-order valence-corrected chi connectivity index (χ2v) is 20.5. The van der Waals surface area contributed by atoms with Crippen LogP contribution >= 0.6 is 0 Å². The van der Waals surface area contributed by atoms with Gasteiger partial charge in [-0.3, -0.25) is 0 Å². The molecule has 1 aliphatic heterocycles. The minimum atomic E-state index is -0.156. The zero-order chi connectivity index (χ0) is 45.6. The normalized spacial score (nSPS) is 13.6. The van der Waals surface area contributed by atoms with E-state index in [9.17, 15) is 0 Å². The van der Waals surface area contributed by atoms with Crippen LogP contribution in [0, 0.1) is 0 Å². The highest BCUT2D eigenvalue weighted by Gasteiger charge is 2.37. The lowest BCUT2D eigenvalue weighted by Gasteiger charge is -2.25. The number of benzene rings is 9. The lowest BCUT2D eigenvalue weighted by molar-refractivity contribution is 0.590. The number of furan rings is 2. The van der Waals surface area contributed by atoms with Crippen molar-refractivity contribution < 1.29 is 8.83 Å². The number of hydrogen-bond acceptors (Lipinski definition) is 3. The Labute approximate surface area is 395 Å². The summed E-state index contributed by atoms with van der Waals surface area (Å²) in [7, 11) is 0.742. The summed E-state index contributed by atoms with van der Waals surface area (Å²) in [6, 6.07) is 66.6. The summed E-state index contributed by atoms with van der Waals surface area (Å²) in [5.41, 5.74) is 21.1. The van der Waals surface area contributed by atoms with Crippen molar-refractivity contribution in [2.24, 2.45) is 0 Å². The van der Waals surface area contributed by atoms with E-state index in [1.54, 1.807) is 0 Å². The van der Waals surface area contributed by atoms with Gasteiger partial charge in [-0.15, -0.1) is 0 Å². The SMILES string of the molecule is CC(C)(C)c1ccc(Nc2cc3oc4ccccc4c3cc2-c2ccc3c4cc5c(cc4n4c3c2Bc2cc3c(-c6ccccc6)oc(-c6ccccc6)c3cc2-4)C(C)(C)c2ccccc2-5)cc1. The van der Waals surface area contributed by atoms with Gasteiger partial charge in [-0.2, -0.15) is 0 Å². The lowest BCUT2D eigenvalue weighted by atomic mass is 9.58. The number of nitrogens with zero attached hydrogens (tertiary/aromatic N) is 1. The molecule has 9 aromatic carbocycles. The van der Waals surface area contributed by atoms with Crippen molar-refractivity contribution in [3.05, 3.63) is 199 Å². The predicted octanol–water partition coefficient (Wildman–Crippen LogP) is 15.5. The van der Waals surface area contributed by atoms with E-state index in [1.165, 1.54) is 71.8 Å². The van der Waals surface area contributed by atoms with Crippen molar-refractivity contribution in [3.8, 4) is 50.6 Å². The molecule has 1 aliphatic carbocycles. The second kappa shape index (κ2) is 14.0. The van der Waals surface area contributed by atoms with Crippen LogP contribution in [0.1, 0.15) is 51.3 Å². The van der Waals surface area contributed by atoms with E-state index in [0.29, 0.717) is 0 Å². The summed E-state index contributed by atoms with van der Waals surface area (Å²) in [4.78, 5) is 0. The fourth-order valence-electron chi connectivity index (χ4n) is 11.7. The highest BCUT2D eigenvalue weighted by molar-refractivity contribution is 6.73. The molecule has 68 heavy (non-hydrogen) atoms. The van der Waals surface area contributed by atoms with Crippen LogP contribution in [0.25, 0.3) is 105 Å². The first-order valence-corrected chi connectivity index (χ1v) is 23.9. The van der Waals surface area contributed by atoms with Crippen LogP contribution in [0.3, 0.4) is 0 Å². The highest BCUT2D eigenvalue weighted by atomic mass is 16.3. The third kappa shape index (κ3) is 5.62. The number of rotatable bonds is 5. The van der Waals surface area contributed by atoms with Crippen LogP contribution in [-0.4, -0.2) is 11.8 Å². The molecule has 0 fully saturated rings. The third-order valence-electron chi connectivity index (χ3n) is 15.2. The van der Waals surface area contributed by atoms with Crippen molar-refractivity contribution in [2.45, 2.75) is 45.4 Å². The molecule has 0 saturated carbocycles. The van der Waals surface area contributed by atoms with E-state index in [-0.39, 0.29) is 10.8 Å². The van der Waals surface area contributed by atoms with E-state index >= 15 is 0 Å². The molecule has 0 saturated heterocycles. The van der Waals surface area contributed by atoms with Crippen molar-refractivity contribution in [1.29, 1.82) is 0 Å². The molecule has 14 rings (SSSR count). The molecule has 0 radical (unpaired) electrons. The van der Waals surface area contributed by atoms with Gasteiger partial charge in [-0.25, -0.2) is 0 Å². The molecule has 3 aromatic heterocycles. The van der Waals surface area contributed by atoms with Gasteiger partial charge in [0.2, 0.25) is 0 Å². The van der Waals surface area contributed by atoms with Crippen molar-refractivity contribution in [1.82, 2.24) is 4.57 Å². The second-order valence-electron chi connectivity index (χ2n) is 20.5. The molecule has 0 bridgehead atoms. The monoisotopic (exact) mass is 874 g/mol. The van der Waals surface area contributed by atoms with Crippen LogP contribution < -0.4 is 16.2 Å². The average molecular weight is 875 g/mol. The van der Waals surface area contributed by atoms with Crippen molar-refractivity contribution in [3.63, 3.8) is 0 Å². The average Bonchev–Trinajstić information content (AvgIpc) is 4.08. The maximum absolute atomic E-state index is 7.03. The number of nitrogens with one attached hydrogen (secondary N) is 1. The zero-order valence-corrected chi connectivity index (χ0v) is 38.8. The Morgan fingerprint density at radius 1 is 0.500 bits per heavy atom. The lowest BCUT2D eigenvalue weighted by Crippen LogP contribution is -2.37. The molecule has 0 unspecified atom stereocenters. The Bertz CT molecular complexity index is 4070. The minimum absolute atomic E-state index is 0.0516. The van der Waals surface area contributed by atoms with Gasteiger partial charge in [-0.05, 0) is 86.7 Å². The topological polar surface area (TPSA) is 43.2 Å². The molecular weight excluding hydrogens is 828 g/mol. The first-order valence-electron chi connectivity index (χ1n) is 23.9. The third-order valence-corrected chi connectivity index (χ3v) is 15.2. The Kier molecular flexibility index (Phi) is 8.07. The van der Waals surface area contributed by atoms with E-state index in [2.05, 4.69) is 226 Å². The van der Waals surface area contributed by atoms with E-state index in [1.807, 2.05) is 0 Å². The molecule has 0 amide bonds. The summed E-state index contributed by atoms with van der Waals surface area (Å²) in [5, 5.41) is 10.9. The van der Waals surface area contributed by atoms with E-state index in [4.69, 9.17) is 8.83 Å². The standard InChI is InChI=1S/C63H47BN2O2/c1-62(2,3)38-24-26-39(27-25-38)65-53-35-57-47(41-21-13-15-23-56(41)67-57)31-45(53)42-28-29-43-46-30-44-40-20-12-14-22-50(40)63(4,5)51(44)34-54(46)66-55-33-49-48(32-52(55)64-58(42)59(43)66)60(36-16-8-6-9-17-36)68-61(49)37-18-10-7-11-19-37/h6-35,64-65H,1-5H3. The van der Waals surface area contributed by atoms with Gasteiger partial charge < -0.3 is 18.7 Å². The number of anilines is 2. The quantitative estimate of drug-likeness (QED) is 0.175. The number of para-hydroxylation sites is 1. The Morgan fingerprint density at radius 2 is 1.18 bits per heavy atom. The highest BCUT2D eigenvalue weighted by Crippen LogP contribution is 2.52. The summed E-state index contributed by atoms with van der Waals surface area (Å²) < 4.78 is 16.2. The zero-order valence-electron chi connectivity index (χ0n) is 38.8. The molecule has 4 heterocycles. The molecular formula is C63H47BN2O2. The molecule has 324 valence electrons. The molecule has 4 nitrogen and oxygen atoms in total. The smallest absolute Gasteiger partial charge is 0.198 e. The van der Waals surface area contributed by atoms with Crippen LogP contribution in [0.15, 0.2) is 191 Å². The fraction of sp³-hybridized carbons (Fsp3) is 0.111. The molecule has 2 aliphatic rings. The number of aromatic nitrogens is 1. The molecule has 1 N–H and O–H groups in total. The predicted molar refractivity (Wildman–Crippen MR) is 287 cm³/mol. The van der Waals surface area contributed by atoms with Crippen LogP contribution in [0.4, 0.5) is 11.4 Å². The first kappa shape index (κ1) is 39.2. The summed E-state index contributed by atoms with van der Waals surface area (Å²) >= 11 is 0. The van der Waals surface area contributed by atoms with Gasteiger partial charge in [0.05, 0.1) is 11.2 Å². The van der Waals surface area contributed by atoms with Gasteiger partial charge in [0.15, 0.2) is 7.28 Å². The molecule has 0 spiro atoms. The van der Waals surface area contributed by atoms with Crippen molar-refractivity contribution >= 4 is 84.1 Å². The fourth-order valence-corrected chi connectivity index (χ4v) is 11.7. The van der Waals surface area contributed by atoms with Crippen LogP contribution in [0.5, 0.6) is 0 Å². The van der Waals surface area contributed by atoms with Gasteiger partial charge in [-0.1, -0.05) is 174 Å². The van der Waals surface area contributed by atoms with E-state index in [0.717, 1.165) is 79.6 Å².